The van der Waals surface area contributed by atoms with E-state index in [1.165, 1.54) is 0 Å². The van der Waals surface area contributed by atoms with Gasteiger partial charge in [0.1, 0.15) is 0 Å². The summed E-state index contributed by atoms with van der Waals surface area (Å²) >= 11 is 0. The molecule has 0 aromatic rings. The zero-order valence-corrected chi connectivity index (χ0v) is 22.5. The van der Waals surface area contributed by atoms with Crippen molar-refractivity contribution in [1.82, 2.24) is 0 Å². The van der Waals surface area contributed by atoms with Gasteiger partial charge in [-0.2, -0.15) is 0 Å². The molecule has 6 nitrogen and oxygen atoms in total. The molecule has 0 fully saturated rings. The third-order valence-electron chi connectivity index (χ3n) is 7.07. The van der Waals surface area contributed by atoms with E-state index < -0.39 is 16.6 Å². The average Bonchev–Trinajstić information content (AvgIpc) is 2.62. The molecule has 0 aromatic carbocycles. The Bertz CT molecular complexity index is 489. The second-order valence-corrected chi connectivity index (χ2v) is 11.2. The maximum Gasteiger partial charge on any atom is 0.0684 e. The molecule has 0 aromatic heterocycles. The van der Waals surface area contributed by atoms with Crippen molar-refractivity contribution in [3.63, 3.8) is 0 Å². The molecule has 1 N–H and O–H groups in total. The van der Waals surface area contributed by atoms with E-state index in [2.05, 4.69) is 48.5 Å². The van der Waals surface area contributed by atoms with Crippen molar-refractivity contribution in [3.05, 3.63) is 0 Å². The van der Waals surface area contributed by atoms with Crippen molar-refractivity contribution in [1.29, 1.82) is 0 Å². The maximum atomic E-state index is 10.6. The summed E-state index contributed by atoms with van der Waals surface area (Å²) in [5.41, 5.74) is -2.33. The second kappa shape index (κ2) is 12.3. The number of hydrogen-bond acceptors (Lipinski definition) is 6. The Morgan fingerprint density at radius 3 is 1.58 bits per heavy atom. The number of hydrogen-bond donors (Lipinski definition) is 1. The molecular formula is C25H52O6. The lowest BCUT2D eigenvalue weighted by atomic mass is 9.57. The van der Waals surface area contributed by atoms with E-state index in [0.717, 1.165) is 6.42 Å². The second-order valence-electron chi connectivity index (χ2n) is 11.2. The van der Waals surface area contributed by atoms with Gasteiger partial charge in [-0.1, -0.05) is 20.8 Å². The summed E-state index contributed by atoms with van der Waals surface area (Å²) in [7, 11) is 5.09. The lowest BCUT2D eigenvalue weighted by Crippen LogP contribution is -2.58. The normalized spacial score (nSPS) is 16.1. The van der Waals surface area contributed by atoms with Crippen LogP contribution in [0.5, 0.6) is 0 Å². The number of ether oxygens (including phenoxy) is 5. The van der Waals surface area contributed by atoms with Gasteiger partial charge in [0.25, 0.3) is 0 Å². The quantitative estimate of drug-likeness (QED) is 0.347. The zero-order chi connectivity index (χ0) is 24.6. The molecule has 0 aliphatic carbocycles. The molecule has 0 amide bonds. The Balaban J connectivity index is 5.94. The fourth-order valence-electron chi connectivity index (χ4n) is 4.61. The summed E-state index contributed by atoms with van der Waals surface area (Å²) in [6.07, 6.45) is 1.55. The summed E-state index contributed by atoms with van der Waals surface area (Å²) in [4.78, 5) is 0. The van der Waals surface area contributed by atoms with Crippen molar-refractivity contribution in [3.8, 4) is 0 Å². The van der Waals surface area contributed by atoms with Gasteiger partial charge in [0.15, 0.2) is 0 Å². The smallest absolute Gasteiger partial charge is 0.0684 e. The van der Waals surface area contributed by atoms with Crippen LogP contribution < -0.4 is 0 Å². The van der Waals surface area contributed by atoms with Crippen molar-refractivity contribution < 1.29 is 28.8 Å². The molecule has 0 saturated carbocycles. The Morgan fingerprint density at radius 2 is 1.23 bits per heavy atom. The average molecular weight is 449 g/mol. The first kappa shape index (κ1) is 30.8. The van der Waals surface area contributed by atoms with Gasteiger partial charge in [0.05, 0.1) is 50.3 Å². The summed E-state index contributed by atoms with van der Waals surface area (Å²) in [6, 6.07) is 0. The van der Waals surface area contributed by atoms with Gasteiger partial charge in [-0.05, 0) is 54.4 Å². The van der Waals surface area contributed by atoms with E-state index in [1.54, 1.807) is 21.3 Å². The predicted molar refractivity (Wildman–Crippen MR) is 127 cm³/mol. The highest BCUT2D eigenvalue weighted by molar-refractivity contribution is 5.02. The van der Waals surface area contributed by atoms with Gasteiger partial charge >= 0.3 is 0 Å². The first-order chi connectivity index (χ1) is 14.1. The van der Waals surface area contributed by atoms with Crippen molar-refractivity contribution in [2.75, 3.05) is 54.4 Å². The minimum atomic E-state index is -0.867. The lowest BCUT2D eigenvalue weighted by Gasteiger charge is -2.55. The minimum absolute atomic E-state index is 0.144. The molecule has 0 aliphatic heterocycles. The van der Waals surface area contributed by atoms with Crippen LogP contribution in [0.3, 0.4) is 0 Å². The van der Waals surface area contributed by atoms with Crippen LogP contribution in [0.15, 0.2) is 0 Å². The SMILES string of the molecule is CCC(COC)(COC(C)C)C(C)(C)C(C)(C)OCC(COC)(COC)CC(C)(C)O. The monoisotopic (exact) mass is 448 g/mol. The van der Waals surface area contributed by atoms with Crippen molar-refractivity contribution in [2.45, 2.75) is 92.5 Å². The van der Waals surface area contributed by atoms with Crippen LogP contribution in [0.25, 0.3) is 0 Å². The predicted octanol–water partition coefficient (Wildman–Crippen LogP) is 4.72. The fraction of sp³-hybridized carbons (Fsp3) is 1.00. The van der Waals surface area contributed by atoms with E-state index in [1.807, 2.05) is 13.8 Å². The molecular weight excluding hydrogens is 396 g/mol. The van der Waals surface area contributed by atoms with Gasteiger partial charge in [0.2, 0.25) is 0 Å². The Labute approximate surface area is 192 Å². The van der Waals surface area contributed by atoms with Crippen LogP contribution in [0, 0.1) is 16.2 Å². The largest absolute Gasteiger partial charge is 0.390 e. The molecule has 1 unspecified atom stereocenters. The highest BCUT2D eigenvalue weighted by atomic mass is 16.5. The fourth-order valence-corrected chi connectivity index (χ4v) is 4.61. The van der Waals surface area contributed by atoms with Crippen LogP contribution in [0.4, 0.5) is 0 Å². The zero-order valence-electron chi connectivity index (χ0n) is 22.5. The van der Waals surface area contributed by atoms with E-state index in [-0.39, 0.29) is 16.9 Å². The Hall–Kier alpha value is -0.240. The summed E-state index contributed by atoms with van der Waals surface area (Å²) in [5, 5.41) is 10.6. The first-order valence-corrected chi connectivity index (χ1v) is 11.5. The molecule has 6 heteroatoms. The molecule has 0 saturated heterocycles. The van der Waals surface area contributed by atoms with Gasteiger partial charge in [-0.25, -0.2) is 0 Å². The molecule has 0 rings (SSSR count). The van der Waals surface area contributed by atoms with E-state index in [0.29, 0.717) is 39.5 Å². The van der Waals surface area contributed by atoms with E-state index in [4.69, 9.17) is 23.7 Å². The van der Waals surface area contributed by atoms with Gasteiger partial charge < -0.3 is 28.8 Å². The Kier molecular flexibility index (Phi) is 12.2. The highest BCUT2D eigenvalue weighted by Crippen LogP contribution is 2.51. The summed E-state index contributed by atoms with van der Waals surface area (Å²) in [5.74, 6) is 0. The molecule has 0 radical (unpaired) electrons. The number of aliphatic hydroxyl groups is 1. The molecule has 0 bridgehead atoms. The lowest BCUT2D eigenvalue weighted by molar-refractivity contribution is -0.211. The Morgan fingerprint density at radius 1 is 0.742 bits per heavy atom. The van der Waals surface area contributed by atoms with Gasteiger partial charge in [0, 0.05) is 37.6 Å². The first-order valence-electron chi connectivity index (χ1n) is 11.5. The number of rotatable bonds is 17. The van der Waals surface area contributed by atoms with E-state index in [9.17, 15) is 5.11 Å². The van der Waals surface area contributed by atoms with Crippen molar-refractivity contribution in [2.24, 2.45) is 16.2 Å². The highest BCUT2D eigenvalue weighted by Gasteiger charge is 2.54. The standard InChI is InChI=1S/C25H52O6/c1-13-25(18-29-12,19-30-20(2)3)22(6,7)23(8,9)31-17-24(15-27-10,16-28-11)14-21(4,5)26/h20,26H,13-19H2,1-12H3. The molecule has 0 heterocycles. The minimum Gasteiger partial charge on any atom is -0.390 e. The van der Waals surface area contributed by atoms with Crippen LogP contribution in [0.1, 0.15) is 75.2 Å². The van der Waals surface area contributed by atoms with E-state index >= 15 is 0 Å². The van der Waals surface area contributed by atoms with Crippen LogP contribution in [-0.4, -0.2) is 76.8 Å². The van der Waals surface area contributed by atoms with Gasteiger partial charge in [-0.15, -0.1) is 0 Å². The molecule has 0 aliphatic rings. The topological polar surface area (TPSA) is 66.4 Å². The molecule has 31 heavy (non-hydrogen) atoms. The molecule has 188 valence electrons. The van der Waals surface area contributed by atoms with Crippen LogP contribution in [0.2, 0.25) is 0 Å². The maximum absolute atomic E-state index is 10.6. The molecule has 1 atom stereocenters. The van der Waals surface area contributed by atoms with Crippen LogP contribution in [-0.2, 0) is 23.7 Å². The summed E-state index contributed by atoms with van der Waals surface area (Å²) < 4.78 is 29.6. The third-order valence-corrected chi connectivity index (χ3v) is 7.07. The van der Waals surface area contributed by atoms with Crippen LogP contribution >= 0.6 is 0 Å². The summed E-state index contributed by atoms with van der Waals surface area (Å²) in [6.45, 7) is 21.1. The third kappa shape index (κ3) is 8.56. The number of methoxy groups -OCH3 is 3. The van der Waals surface area contributed by atoms with Gasteiger partial charge in [-0.3, -0.25) is 0 Å². The molecule has 0 spiro atoms. The van der Waals surface area contributed by atoms with Crippen molar-refractivity contribution >= 4 is 0 Å².